The molecule has 0 spiro atoms. The Bertz CT molecular complexity index is 594. The van der Waals surface area contributed by atoms with E-state index < -0.39 is 24.1 Å². The first kappa shape index (κ1) is 14.3. The van der Waals surface area contributed by atoms with Crippen LogP contribution in [0.4, 0.5) is 5.82 Å². The molecule has 0 amide bonds. The van der Waals surface area contributed by atoms with Gasteiger partial charge in [-0.15, -0.1) is 0 Å². The monoisotopic (exact) mass is 280 g/mol. The van der Waals surface area contributed by atoms with E-state index in [1.54, 1.807) is 6.20 Å². The number of nitrogen functional groups attached to an aromatic ring is 1. The number of rotatable bonds is 4. The van der Waals surface area contributed by atoms with Gasteiger partial charge >= 0.3 is 5.69 Å². The van der Waals surface area contributed by atoms with Gasteiger partial charge in [-0.2, -0.15) is 4.98 Å². The summed E-state index contributed by atoms with van der Waals surface area (Å²) >= 11 is 0. The van der Waals surface area contributed by atoms with Gasteiger partial charge in [0.2, 0.25) is 0 Å². The standard InChI is InChI=1S/C11H16N6O3/c1-2-6-4-17(11(19)14-10(6)12)9-3-7(15-16-13)8(5-18)20-9/h4,7-9,18H,2-3,5H2,1H3,(H2,12,14,19)/t7?,8-,9-/m1/s1. The van der Waals surface area contributed by atoms with Crippen molar-refractivity contribution >= 4 is 5.82 Å². The summed E-state index contributed by atoms with van der Waals surface area (Å²) in [5.74, 6) is 0.206. The van der Waals surface area contributed by atoms with E-state index in [1.165, 1.54) is 4.57 Å². The molecule has 0 aromatic carbocycles. The van der Waals surface area contributed by atoms with Crippen molar-refractivity contribution in [2.24, 2.45) is 5.11 Å². The van der Waals surface area contributed by atoms with Gasteiger partial charge in [0.25, 0.3) is 0 Å². The lowest BCUT2D eigenvalue weighted by molar-refractivity contribution is -0.0270. The van der Waals surface area contributed by atoms with Crippen LogP contribution in [0, 0.1) is 0 Å². The van der Waals surface area contributed by atoms with E-state index in [0.29, 0.717) is 12.8 Å². The number of azide groups is 1. The first-order valence-corrected chi connectivity index (χ1v) is 6.28. The van der Waals surface area contributed by atoms with E-state index in [-0.39, 0.29) is 12.4 Å². The minimum atomic E-state index is -0.620. The highest BCUT2D eigenvalue weighted by Crippen LogP contribution is 2.30. The highest BCUT2D eigenvalue weighted by atomic mass is 16.5. The zero-order valence-corrected chi connectivity index (χ0v) is 11.0. The average molecular weight is 280 g/mol. The lowest BCUT2D eigenvalue weighted by Gasteiger charge is -2.16. The van der Waals surface area contributed by atoms with E-state index >= 15 is 0 Å². The molecule has 9 nitrogen and oxygen atoms in total. The van der Waals surface area contributed by atoms with Crippen LogP contribution in [0.5, 0.6) is 0 Å². The van der Waals surface area contributed by atoms with Crippen molar-refractivity contribution in [2.45, 2.75) is 38.1 Å². The van der Waals surface area contributed by atoms with Crippen LogP contribution in [0.1, 0.15) is 25.1 Å². The van der Waals surface area contributed by atoms with E-state index in [0.717, 1.165) is 5.56 Å². The average Bonchev–Trinajstić information content (AvgIpc) is 2.82. The molecule has 1 fully saturated rings. The molecule has 20 heavy (non-hydrogen) atoms. The molecule has 1 unspecified atom stereocenters. The van der Waals surface area contributed by atoms with Crippen molar-refractivity contribution in [2.75, 3.05) is 12.3 Å². The smallest absolute Gasteiger partial charge is 0.351 e. The number of nitrogens with two attached hydrogens (primary N) is 1. The summed E-state index contributed by atoms with van der Waals surface area (Å²) < 4.78 is 6.87. The Balaban J connectivity index is 2.33. The molecular weight excluding hydrogens is 264 g/mol. The molecule has 1 aliphatic rings. The van der Waals surface area contributed by atoms with Crippen LogP contribution in [0.25, 0.3) is 10.4 Å². The Kier molecular flexibility index (Phi) is 4.23. The number of nitrogens with zero attached hydrogens (tertiary/aromatic N) is 5. The number of aromatic nitrogens is 2. The highest BCUT2D eigenvalue weighted by molar-refractivity contribution is 5.36. The minimum Gasteiger partial charge on any atom is -0.394 e. The number of hydrogen-bond acceptors (Lipinski definition) is 6. The molecule has 0 bridgehead atoms. The van der Waals surface area contributed by atoms with Crippen LogP contribution in [0.15, 0.2) is 16.1 Å². The summed E-state index contributed by atoms with van der Waals surface area (Å²) in [6.45, 7) is 1.62. The third-order valence-electron chi connectivity index (χ3n) is 3.34. The maximum Gasteiger partial charge on any atom is 0.351 e. The van der Waals surface area contributed by atoms with Gasteiger partial charge in [0, 0.05) is 23.1 Å². The topological polar surface area (TPSA) is 139 Å². The Hall–Kier alpha value is -2.09. The fraction of sp³-hybridized carbons (Fsp3) is 0.636. The molecule has 0 saturated carbocycles. The largest absolute Gasteiger partial charge is 0.394 e. The fourth-order valence-corrected chi connectivity index (χ4v) is 2.24. The molecule has 1 aromatic heterocycles. The number of hydrogen-bond donors (Lipinski definition) is 2. The summed E-state index contributed by atoms with van der Waals surface area (Å²) in [5.41, 5.74) is 14.4. The molecule has 0 radical (unpaired) electrons. The normalized spacial score (nSPS) is 25.4. The number of anilines is 1. The Morgan fingerprint density at radius 2 is 2.50 bits per heavy atom. The lowest BCUT2D eigenvalue weighted by Crippen LogP contribution is -2.29. The van der Waals surface area contributed by atoms with Gasteiger partial charge in [-0.1, -0.05) is 12.0 Å². The van der Waals surface area contributed by atoms with Gasteiger partial charge < -0.3 is 15.6 Å². The van der Waals surface area contributed by atoms with Crippen LogP contribution >= 0.6 is 0 Å². The molecule has 2 rings (SSSR count). The molecule has 1 aliphatic heterocycles. The third-order valence-corrected chi connectivity index (χ3v) is 3.34. The van der Waals surface area contributed by atoms with E-state index in [9.17, 15) is 9.90 Å². The Morgan fingerprint density at radius 3 is 3.10 bits per heavy atom. The van der Waals surface area contributed by atoms with Gasteiger partial charge in [0.15, 0.2) is 0 Å². The molecule has 3 atom stereocenters. The predicted octanol–water partition coefficient (Wildman–Crippen LogP) is 0.347. The van der Waals surface area contributed by atoms with Crippen molar-refractivity contribution in [3.63, 3.8) is 0 Å². The molecule has 9 heteroatoms. The molecule has 1 saturated heterocycles. The third kappa shape index (κ3) is 2.60. The highest BCUT2D eigenvalue weighted by Gasteiger charge is 2.35. The van der Waals surface area contributed by atoms with Gasteiger partial charge in [-0.05, 0) is 12.0 Å². The second-order valence-corrected chi connectivity index (χ2v) is 4.51. The summed E-state index contributed by atoms with van der Waals surface area (Å²) in [5, 5.41) is 12.8. The van der Waals surface area contributed by atoms with E-state index in [1.807, 2.05) is 6.92 Å². The lowest BCUT2D eigenvalue weighted by atomic mass is 10.1. The van der Waals surface area contributed by atoms with Gasteiger partial charge in [-0.25, -0.2) is 4.79 Å². The summed E-state index contributed by atoms with van der Waals surface area (Å²) in [4.78, 5) is 18.4. The predicted molar refractivity (Wildman–Crippen MR) is 70.8 cm³/mol. The summed E-state index contributed by atoms with van der Waals surface area (Å²) in [6, 6.07) is -0.510. The number of aliphatic hydroxyl groups is 1. The van der Waals surface area contributed by atoms with Crippen molar-refractivity contribution in [1.82, 2.24) is 9.55 Å². The van der Waals surface area contributed by atoms with Crippen molar-refractivity contribution in [1.29, 1.82) is 0 Å². The zero-order valence-electron chi connectivity index (χ0n) is 11.0. The van der Waals surface area contributed by atoms with E-state index in [2.05, 4.69) is 15.0 Å². The molecule has 0 aliphatic carbocycles. The van der Waals surface area contributed by atoms with Gasteiger partial charge in [-0.3, -0.25) is 4.57 Å². The number of aryl methyl sites for hydroxylation is 1. The number of ether oxygens (including phenoxy) is 1. The molecule has 3 N–H and O–H groups in total. The molecule has 1 aromatic rings. The van der Waals surface area contributed by atoms with Gasteiger partial charge in [0.05, 0.1) is 18.8 Å². The minimum absolute atomic E-state index is 0.206. The van der Waals surface area contributed by atoms with Crippen LogP contribution < -0.4 is 11.4 Å². The maximum absolute atomic E-state index is 11.9. The van der Waals surface area contributed by atoms with Gasteiger partial charge in [0.1, 0.15) is 12.0 Å². The Labute approximate surface area is 114 Å². The van der Waals surface area contributed by atoms with Crippen LogP contribution in [-0.2, 0) is 11.2 Å². The van der Waals surface area contributed by atoms with E-state index in [4.69, 9.17) is 16.0 Å². The van der Waals surface area contributed by atoms with Crippen LogP contribution in [-0.4, -0.2) is 33.4 Å². The van der Waals surface area contributed by atoms with Crippen molar-refractivity contribution in [3.8, 4) is 0 Å². The maximum atomic E-state index is 11.9. The summed E-state index contributed by atoms with van der Waals surface area (Å²) in [6.07, 6.45) is 1.31. The zero-order chi connectivity index (χ0) is 14.7. The van der Waals surface area contributed by atoms with Crippen molar-refractivity contribution in [3.05, 3.63) is 32.7 Å². The Morgan fingerprint density at radius 1 is 1.75 bits per heavy atom. The van der Waals surface area contributed by atoms with Crippen molar-refractivity contribution < 1.29 is 9.84 Å². The first-order chi connectivity index (χ1) is 9.60. The second-order valence-electron chi connectivity index (χ2n) is 4.51. The fourth-order valence-electron chi connectivity index (χ4n) is 2.24. The molecular formula is C11H16N6O3. The first-order valence-electron chi connectivity index (χ1n) is 6.28. The van der Waals surface area contributed by atoms with Crippen LogP contribution in [0.3, 0.4) is 0 Å². The molecule has 2 heterocycles. The SMILES string of the molecule is CCc1cn([C@H]2CC(N=[N+]=[N-])[C@@H](CO)O2)c(=O)nc1N. The number of aliphatic hydroxyl groups excluding tert-OH is 1. The quantitative estimate of drug-likeness (QED) is 0.465. The molecule has 108 valence electrons. The summed E-state index contributed by atoms with van der Waals surface area (Å²) in [7, 11) is 0. The second kappa shape index (κ2) is 5.91. The van der Waals surface area contributed by atoms with Crippen LogP contribution in [0.2, 0.25) is 0 Å².